The minimum Gasteiger partial charge on any atom is -0.302 e. The van der Waals surface area contributed by atoms with Crippen LogP contribution in [0.25, 0.3) is 22.0 Å². The molecule has 1 aliphatic carbocycles. The number of thiazole rings is 1. The standard InChI is InChI=1S/C21H22N2OS/c1-20(2)17(21(20,3)4)18(24)23-19-22-16(12-25-19)15-10-9-13-7-5-6-8-14(13)11-15/h5-12,17H,1-4H3,(H,22,23,24). The van der Waals surface area contributed by atoms with Crippen molar-refractivity contribution in [2.45, 2.75) is 27.7 Å². The van der Waals surface area contributed by atoms with Crippen molar-refractivity contribution in [1.82, 2.24) is 4.98 Å². The van der Waals surface area contributed by atoms with Crippen molar-refractivity contribution < 1.29 is 4.79 Å². The van der Waals surface area contributed by atoms with E-state index in [4.69, 9.17) is 0 Å². The molecule has 0 unspecified atom stereocenters. The van der Waals surface area contributed by atoms with Crippen molar-refractivity contribution in [2.24, 2.45) is 16.7 Å². The zero-order valence-corrected chi connectivity index (χ0v) is 15.8. The number of amides is 1. The first-order valence-electron chi connectivity index (χ1n) is 8.56. The second kappa shape index (κ2) is 5.40. The van der Waals surface area contributed by atoms with Gasteiger partial charge in [-0.1, -0.05) is 64.1 Å². The van der Waals surface area contributed by atoms with Crippen LogP contribution >= 0.6 is 11.3 Å². The van der Waals surface area contributed by atoms with E-state index in [0.29, 0.717) is 5.13 Å². The van der Waals surface area contributed by atoms with Crippen molar-refractivity contribution in [1.29, 1.82) is 0 Å². The number of benzene rings is 2. The Balaban J connectivity index is 1.55. The lowest BCUT2D eigenvalue weighted by molar-refractivity contribution is -0.118. The van der Waals surface area contributed by atoms with Crippen LogP contribution in [-0.2, 0) is 4.79 Å². The summed E-state index contributed by atoms with van der Waals surface area (Å²) in [5, 5.41) is 8.10. The van der Waals surface area contributed by atoms with E-state index < -0.39 is 0 Å². The molecule has 0 bridgehead atoms. The number of aromatic nitrogens is 1. The summed E-state index contributed by atoms with van der Waals surface area (Å²) in [7, 11) is 0. The van der Waals surface area contributed by atoms with Gasteiger partial charge in [0.2, 0.25) is 5.91 Å². The van der Waals surface area contributed by atoms with Gasteiger partial charge in [-0.3, -0.25) is 4.79 Å². The Morgan fingerprint density at radius 1 is 1.04 bits per heavy atom. The molecule has 2 aromatic carbocycles. The van der Waals surface area contributed by atoms with E-state index in [0.717, 1.165) is 11.3 Å². The Morgan fingerprint density at radius 2 is 1.72 bits per heavy atom. The van der Waals surface area contributed by atoms with E-state index >= 15 is 0 Å². The first-order chi connectivity index (χ1) is 11.8. The number of hydrogen-bond donors (Lipinski definition) is 1. The first-order valence-corrected chi connectivity index (χ1v) is 9.44. The summed E-state index contributed by atoms with van der Waals surface area (Å²) in [5.41, 5.74) is 2.05. The maximum absolute atomic E-state index is 12.6. The number of nitrogens with zero attached hydrogens (tertiary/aromatic N) is 1. The summed E-state index contributed by atoms with van der Waals surface area (Å²) in [6, 6.07) is 14.6. The predicted molar refractivity (Wildman–Crippen MR) is 105 cm³/mol. The van der Waals surface area contributed by atoms with Gasteiger partial charge in [0.05, 0.1) is 5.69 Å². The Hall–Kier alpha value is -2.20. The summed E-state index contributed by atoms with van der Waals surface area (Å²) in [6.45, 7) is 8.61. The van der Waals surface area contributed by atoms with E-state index in [-0.39, 0.29) is 22.7 Å². The molecule has 1 aliphatic rings. The highest BCUT2D eigenvalue weighted by atomic mass is 32.1. The molecule has 0 spiro atoms. The molecule has 1 N–H and O–H groups in total. The third kappa shape index (κ3) is 2.56. The molecule has 4 rings (SSSR count). The Morgan fingerprint density at radius 3 is 2.40 bits per heavy atom. The molecule has 0 radical (unpaired) electrons. The molecular weight excluding hydrogens is 328 g/mol. The van der Waals surface area contributed by atoms with Crippen molar-refractivity contribution >= 4 is 33.1 Å². The van der Waals surface area contributed by atoms with Gasteiger partial charge in [-0.05, 0) is 27.7 Å². The molecule has 1 amide bonds. The highest BCUT2D eigenvalue weighted by molar-refractivity contribution is 7.14. The fraction of sp³-hybridized carbons (Fsp3) is 0.333. The van der Waals surface area contributed by atoms with Gasteiger partial charge in [-0.2, -0.15) is 0 Å². The molecule has 3 nitrogen and oxygen atoms in total. The van der Waals surface area contributed by atoms with Gasteiger partial charge < -0.3 is 5.32 Å². The molecule has 0 aliphatic heterocycles. The Labute approximate surface area is 152 Å². The smallest absolute Gasteiger partial charge is 0.230 e. The van der Waals surface area contributed by atoms with Crippen LogP contribution in [-0.4, -0.2) is 10.9 Å². The number of nitrogens with one attached hydrogen (secondary N) is 1. The molecule has 1 saturated carbocycles. The zero-order chi connectivity index (χ0) is 17.8. The Kier molecular flexibility index (Phi) is 3.51. The second-order valence-electron chi connectivity index (χ2n) is 7.97. The lowest BCUT2D eigenvalue weighted by Gasteiger charge is -2.03. The minimum atomic E-state index is 0.0352. The van der Waals surface area contributed by atoms with E-state index in [1.54, 1.807) is 0 Å². The number of anilines is 1. The van der Waals surface area contributed by atoms with Crippen molar-refractivity contribution in [2.75, 3.05) is 5.32 Å². The second-order valence-corrected chi connectivity index (χ2v) is 8.82. The van der Waals surface area contributed by atoms with Crippen LogP contribution in [0.1, 0.15) is 27.7 Å². The normalized spacial score (nSPS) is 18.2. The molecule has 1 fully saturated rings. The maximum Gasteiger partial charge on any atom is 0.230 e. The van der Waals surface area contributed by atoms with Crippen molar-refractivity contribution in [3.8, 4) is 11.3 Å². The molecular formula is C21H22N2OS. The van der Waals surface area contributed by atoms with Gasteiger partial charge in [0.1, 0.15) is 0 Å². The summed E-state index contributed by atoms with van der Waals surface area (Å²) in [6.07, 6.45) is 0. The monoisotopic (exact) mass is 350 g/mol. The van der Waals surface area contributed by atoms with Gasteiger partial charge in [0, 0.05) is 16.9 Å². The van der Waals surface area contributed by atoms with E-state index in [2.05, 4.69) is 68.3 Å². The summed E-state index contributed by atoms with van der Waals surface area (Å²) < 4.78 is 0. The number of fused-ring (bicyclic) bond motifs is 1. The first kappa shape index (κ1) is 16.3. The molecule has 3 aromatic rings. The Bertz CT molecular complexity index is 957. The maximum atomic E-state index is 12.6. The molecule has 25 heavy (non-hydrogen) atoms. The van der Waals surface area contributed by atoms with Gasteiger partial charge in [0.25, 0.3) is 0 Å². The van der Waals surface area contributed by atoms with E-state index in [1.165, 1.54) is 22.1 Å². The quantitative estimate of drug-likeness (QED) is 0.669. The van der Waals surface area contributed by atoms with Crippen molar-refractivity contribution in [3.63, 3.8) is 0 Å². The molecule has 0 atom stereocenters. The molecule has 4 heteroatoms. The highest BCUT2D eigenvalue weighted by Gasteiger charge is 2.68. The van der Waals surface area contributed by atoms with E-state index in [9.17, 15) is 4.79 Å². The molecule has 0 saturated heterocycles. The van der Waals surface area contributed by atoms with Gasteiger partial charge in [-0.15, -0.1) is 11.3 Å². The summed E-state index contributed by atoms with van der Waals surface area (Å²) in [4.78, 5) is 17.2. The lowest BCUT2D eigenvalue weighted by atomic mass is 10.0. The van der Waals surface area contributed by atoms with E-state index in [1.807, 2.05) is 17.5 Å². The van der Waals surface area contributed by atoms with Gasteiger partial charge in [-0.25, -0.2) is 4.98 Å². The van der Waals surface area contributed by atoms with Gasteiger partial charge in [0.15, 0.2) is 5.13 Å². The lowest BCUT2D eigenvalue weighted by Crippen LogP contribution is -2.17. The zero-order valence-electron chi connectivity index (χ0n) is 15.0. The van der Waals surface area contributed by atoms with Gasteiger partial charge >= 0.3 is 0 Å². The summed E-state index contributed by atoms with van der Waals surface area (Å²) in [5.74, 6) is 0.113. The SMILES string of the molecule is CC1(C)C(C(=O)Nc2nc(-c3ccc4ccccc4c3)cs2)C1(C)C. The average molecular weight is 350 g/mol. The fourth-order valence-electron chi connectivity index (χ4n) is 3.84. The third-order valence-corrected chi connectivity index (χ3v) is 6.82. The predicted octanol–water partition coefficient (Wildman–Crippen LogP) is 5.58. The largest absolute Gasteiger partial charge is 0.302 e. The van der Waals surface area contributed by atoms with Crippen LogP contribution in [0.3, 0.4) is 0 Å². The highest BCUT2D eigenvalue weighted by Crippen LogP contribution is 2.68. The van der Waals surface area contributed by atoms with Crippen LogP contribution in [0, 0.1) is 16.7 Å². The molecule has 128 valence electrons. The van der Waals surface area contributed by atoms with Crippen LogP contribution in [0.4, 0.5) is 5.13 Å². The van der Waals surface area contributed by atoms with Crippen LogP contribution in [0.2, 0.25) is 0 Å². The van der Waals surface area contributed by atoms with Crippen LogP contribution in [0.5, 0.6) is 0 Å². The molecule has 1 heterocycles. The van der Waals surface area contributed by atoms with Crippen LogP contribution in [0.15, 0.2) is 47.8 Å². The fourth-order valence-corrected chi connectivity index (χ4v) is 4.56. The number of carbonyl (C=O) groups is 1. The number of carbonyl (C=O) groups excluding carboxylic acids is 1. The number of hydrogen-bond acceptors (Lipinski definition) is 3. The average Bonchev–Trinajstić information content (AvgIpc) is 2.90. The summed E-state index contributed by atoms with van der Waals surface area (Å²) >= 11 is 1.48. The number of rotatable bonds is 3. The third-order valence-electron chi connectivity index (χ3n) is 6.06. The van der Waals surface area contributed by atoms with Crippen LogP contribution < -0.4 is 5.32 Å². The minimum absolute atomic E-state index is 0.0352. The van der Waals surface area contributed by atoms with Crippen molar-refractivity contribution in [3.05, 3.63) is 47.8 Å². The topological polar surface area (TPSA) is 42.0 Å². The molecule has 1 aromatic heterocycles.